The lowest BCUT2D eigenvalue weighted by atomic mass is 9.91. The highest BCUT2D eigenvalue weighted by molar-refractivity contribution is 5.69. The van der Waals surface area contributed by atoms with E-state index in [-0.39, 0.29) is 24.5 Å². The molecule has 1 saturated heterocycles. The molecule has 6 nitrogen and oxygen atoms in total. The Labute approximate surface area is 125 Å². The molecule has 6 heteroatoms. The van der Waals surface area contributed by atoms with Gasteiger partial charge in [-0.2, -0.15) is 0 Å². The fraction of sp³-hybridized carbons (Fsp3) is 0.867. The normalized spacial score (nSPS) is 26.8. The first-order valence-electron chi connectivity index (χ1n) is 7.86. The van der Waals surface area contributed by atoms with Crippen molar-refractivity contribution >= 4 is 12.1 Å². The summed E-state index contributed by atoms with van der Waals surface area (Å²) in [5.74, 6) is -0.0749. The number of piperidine rings is 1. The number of carbonyl (C=O) groups is 2. The van der Waals surface area contributed by atoms with Gasteiger partial charge in [-0.05, 0) is 37.6 Å². The number of nitrogens with one attached hydrogen (secondary N) is 1. The van der Waals surface area contributed by atoms with Crippen molar-refractivity contribution in [2.45, 2.75) is 44.6 Å². The molecule has 1 heterocycles. The number of aliphatic carboxylic acids is 1. The summed E-state index contributed by atoms with van der Waals surface area (Å²) in [4.78, 5) is 24.3. The first-order valence-corrected chi connectivity index (χ1v) is 7.86. The Morgan fingerprint density at radius 2 is 1.95 bits per heavy atom. The number of rotatable bonds is 5. The maximum absolute atomic E-state index is 11.7. The van der Waals surface area contributed by atoms with Gasteiger partial charge in [0.2, 0.25) is 0 Å². The predicted octanol–water partition coefficient (Wildman–Crippen LogP) is 1.70. The van der Waals surface area contributed by atoms with Gasteiger partial charge in [-0.15, -0.1) is 0 Å². The number of hydrogen-bond acceptors (Lipinski definition) is 4. The molecule has 21 heavy (non-hydrogen) atoms. The van der Waals surface area contributed by atoms with E-state index in [1.165, 1.54) is 32.8 Å². The number of ether oxygens (including phenoxy) is 1. The molecule has 2 aliphatic rings. The van der Waals surface area contributed by atoms with E-state index in [9.17, 15) is 9.59 Å². The van der Waals surface area contributed by atoms with Crippen LogP contribution in [0.3, 0.4) is 0 Å². The van der Waals surface area contributed by atoms with Crippen LogP contribution in [0.4, 0.5) is 4.79 Å². The highest BCUT2D eigenvalue weighted by Crippen LogP contribution is 2.25. The van der Waals surface area contributed by atoms with Crippen molar-refractivity contribution in [2.24, 2.45) is 11.8 Å². The van der Waals surface area contributed by atoms with Gasteiger partial charge >= 0.3 is 12.1 Å². The number of methoxy groups -OCH3 is 1. The van der Waals surface area contributed by atoms with E-state index in [0.29, 0.717) is 13.1 Å². The quantitative estimate of drug-likeness (QED) is 0.807. The zero-order valence-electron chi connectivity index (χ0n) is 12.7. The van der Waals surface area contributed by atoms with Crippen molar-refractivity contribution in [1.82, 2.24) is 10.2 Å². The van der Waals surface area contributed by atoms with E-state index in [1.807, 2.05) is 0 Å². The van der Waals surface area contributed by atoms with E-state index >= 15 is 0 Å². The van der Waals surface area contributed by atoms with E-state index in [0.717, 1.165) is 18.9 Å². The Morgan fingerprint density at radius 3 is 2.57 bits per heavy atom. The number of likely N-dealkylation sites (tertiary alicyclic amines) is 1. The molecule has 0 spiro atoms. The highest BCUT2D eigenvalue weighted by Gasteiger charge is 2.31. The van der Waals surface area contributed by atoms with Crippen molar-refractivity contribution in [3.05, 3.63) is 0 Å². The molecular formula is C15H26N2O4. The fourth-order valence-electron chi connectivity index (χ4n) is 3.57. The van der Waals surface area contributed by atoms with Gasteiger partial charge < -0.3 is 20.1 Å². The van der Waals surface area contributed by atoms with Crippen molar-refractivity contribution in [1.29, 1.82) is 0 Å². The minimum Gasteiger partial charge on any atom is -0.481 e. The third kappa shape index (κ3) is 4.88. The Kier molecular flexibility index (Phi) is 5.85. The molecule has 2 fully saturated rings. The van der Waals surface area contributed by atoms with Crippen LogP contribution in [-0.2, 0) is 9.53 Å². The third-order valence-corrected chi connectivity index (χ3v) is 4.60. The topological polar surface area (TPSA) is 78.9 Å². The van der Waals surface area contributed by atoms with Gasteiger partial charge in [-0.3, -0.25) is 4.79 Å². The van der Waals surface area contributed by atoms with Crippen LogP contribution in [0.2, 0.25) is 0 Å². The van der Waals surface area contributed by atoms with Gasteiger partial charge in [0.25, 0.3) is 0 Å². The fourth-order valence-corrected chi connectivity index (χ4v) is 3.57. The zero-order chi connectivity index (χ0) is 15.2. The molecule has 0 aromatic heterocycles. The SMILES string of the molecule is COC(=O)N1CC(CC(=O)O)CC(NCC2CCCC2)C1. The Bertz CT molecular complexity index is 369. The lowest BCUT2D eigenvalue weighted by Crippen LogP contribution is -2.52. The smallest absolute Gasteiger partial charge is 0.409 e. The predicted molar refractivity (Wildman–Crippen MR) is 78.1 cm³/mol. The summed E-state index contributed by atoms with van der Waals surface area (Å²) >= 11 is 0. The van der Waals surface area contributed by atoms with Crippen molar-refractivity contribution < 1.29 is 19.4 Å². The molecule has 2 atom stereocenters. The van der Waals surface area contributed by atoms with Crippen LogP contribution in [-0.4, -0.2) is 54.9 Å². The van der Waals surface area contributed by atoms with Crippen LogP contribution in [0.5, 0.6) is 0 Å². The number of amides is 1. The second-order valence-electron chi connectivity index (χ2n) is 6.33. The number of hydrogen-bond donors (Lipinski definition) is 2. The second kappa shape index (κ2) is 7.64. The van der Waals surface area contributed by atoms with Gasteiger partial charge in [0.15, 0.2) is 0 Å². The molecule has 2 N–H and O–H groups in total. The lowest BCUT2D eigenvalue weighted by molar-refractivity contribution is -0.138. The van der Waals surface area contributed by atoms with Crippen molar-refractivity contribution in [3.63, 3.8) is 0 Å². The number of carboxylic acids is 1. The molecular weight excluding hydrogens is 272 g/mol. The van der Waals surface area contributed by atoms with Crippen LogP contribution in [0.15, 0.2) is 0 Å². The number of nitrogens with zero attached hydrogens (tertiary/aromatic N) is 1. The van der Waals surface area contributed by atoms with Crippen molar-refractivity contribution in [3.8, 4) is 0 Å². The van der Waals surface area contributed by atoms with E-state index in [1.54, 1.807) is 4.90 Å². The second-order valence-corrected chi connectivity index (χ2v) is 6.33. The Morgan fingerprint density at radius 1 is 1.24 bits per heavy atom. The average molecular weight is 298 g/mol. The minimum atomic E-state index is -0.804. The number of carbonyl (C=O) groups excluding carboxylic acids is 1. The van der Waals surface area contributed by atoms with Crippen molar-refractivity contribution in [2.75, 3.05) is 26.7 Å². The summed E-state index contributed by atoms with van der Waals surface area (Å²) in [5.41, 5.74) is 0. The summed E-state index contributed by atoms with van der Waals surface area (Å²) in [5, 5.41) is 12.5. The third-order valence-electron chi connectivity index (χ3n) is 4.60. The van der Waals surface area contributed by atoms with Crippen LogP contribution < -0.4 is 5.32 Å². The summed E-state index contributed by atoms with van der Waals surface area (Å²) in [7, 11) is 1.37. The molecule has 1 aliphatic carbocycles. The molecule has 0 aromatic carbocycles. The Hall–Kier alpha value is -1.30. The monoisotopic (exact) mass is 298 g/mol. The van der Waals surface area contributed by atoms with Gasteiger partial charge in [-0.25, -0.2) is 4.79 Å². The zero-order valence-corrected chi connectivity index (χ0v) is 12.7. The van der Waals surface area contributed by atoms with Crippen LogP contribution >= 0.6 is 0 Å². The summed E-state index contributed by atoms with van der Waals surface area (Å²) in [6.07, 6.45) is 5.73. The molecule has 1 aliphatic heterocycles. The van der Waals surface area contributed by atoms with Gasteiger partial charge in [0.05, 0.1) is 7.11 Å². The summed E-state index contributed by atoms with van der Waals surface area (Å²) < 4.78 is 4.78. The largest absolute Gasteiger partial charge is 0.481 e. The average Bonchev–Trinajstić information content (AvgIpc) is 2.96. The molecule has 2 rings (SSSR count). The number of carboxylic acid groups (broad SMARTS) is 1. The van der Waals surface area contributed by atoms with E-state index < -0.39 is 5.97 Å². The van der Waals surface area contributed by atoms with Gasteiger partial charge in [0, 0.05) is 25.6 Å². The van der Waals surface area contributed by atoms with Crippen LogP contribution in [0.1, 0.15) is 38.5 Å². The summed E-state index contributed by atoms with van der Waals surface area (Å²) in [6.45, 7) is 2.05. The Balaban J connectivity index is 1.88. The standard InChI is InChI=1S/C15H26N2O4/c1-21-15(20)17-9-12(7-14(18)19)6-13(10-17)16-8-11-4-2-3-5-11/h11-13,16H,2-10H2,1H3,(H,18,19). The molecule has 1 amide bonds. The summed E-state index contributed by atoms with van der Waals surface area (Å²) in [6, 6.07) is 0.169. The molecule has 0 radical (unpaired) electrons. The maximum Gasteiger partial charge on any atom is 0.409 e. The van der Waals surface area contributed by atoms with Crippen LogP contribution in [0, 0.1) is 11.8 Å². The van der Waals surface area contributed by atoms with E-state index in [2.05, 4.69) is 5.32 Å². The lowest BCUT2D eigenvalue weighted by Gasteiger charge is -2.37. The maximum atomic E-state index is 11.7. The first kappa shape index (κ1) is 16.1. The molecule has 1 saturated carbocycles. The molecule has 0 aromatic rings. The van der Waals surface area contributed by atoms with E-state index in [4.69, 9.17) is 9.84 Å². The van der Waals surface area contributed by atoms with Crippen LogP contribution in [0.25, 0.3) is 0 Å². The van der Waals surface area contributed by atoms with Gasteiger partial charge in [-0.1, -0.05) is 12.8 Å². The molecule has 0 bridgehead atoms. The van der Waals surface area contributed by atoms with Gasteiger partial charge in [0.1, 0.15) is 0 Å². The minimum absolute atomic E-state index is 0.00331. The molecule has 2 unspecified atom stereocenters. The highest BCUT2D eigenvalue weighted by atomic mass is 16.5. The first-order chi connectivity index (χ1) is 10.1. The molecule has 120 valence electrons.